The summed E-state index contributed by atoms with van der Waals surface area (Å²) in [5.74, 6) is 0. The highest BCUT2D eigenvalue weighted by molar-refractivity contribution is 7.85. The van der Waals surface area contributed by atoms with Gasteiger partial charge in [0.15, 0.2) is 8.32 Å². The number of rotatable bonds is 4. The van der Waals surface area contributed by atoms with Crippen molar-refractivity contribution >= 4 is 25.5 Å². The summed E-state index contributed by atoms with van der Waals surface area (Å²) >= 11 is 0. The highest BCUT2D eigenvalue weighted by atomic mass is 32.2. The smallest absolute Gasteiger partial charge is 0.192 e. The SMILES string of the molecule is CC(C)(C)[S@](=O)/N=C\CO[Si](C)(C)C(C)(C)C. The first-order valence-corrected chi connectivity index (χ1v) is 9.98. The van der Waals surface area contributed by atoms with E-state index in [1.54, 1.807) is 6.21 Å². The normalized spacial score (nSPS) is 16.5. The molecule has 0 aromatic rings. The van der Waals surface area contributed by atoms with Crippen molar-refractivity contribution in [1.29, 1.82) is 0 Å². The van der Waals surface area contributed by atoms with Gasteiger partial charge in [0.1, 0.15) is 11.0 Å². The quantitative estimate of drug-likeness (QED) is 0.582. The first-order valence-electron chi connectivity index (χ1n) is 5.96. The maximum Gasteiger partial charge on any atom is 0.192 e. The molecule has 0 aromatic heterocycles. The van der Waals surface area contributed by atoms with Crippen molar-refractivity contribution in [3.63, 3.8) is 0 Å². The van der Waals surface area contributed by atoms with Gasteiger partial charge in [-0.15, -0.1) is 0 Å². The molecule has 0 rings (SSSR count). The third-order valence-corrected chi connectivity index (χ3v) is 8.91. The molecule has 0 aliphatic rings. The first-order chi connectivity index (χ1) is 7.38. The van der Waals surface area contributed by atoms with Crippen molar-refractivity contribution in [2.24, 2.45) is 4.40 Å². The Bertz CT molecular complexity index is 301. The van der Waals surface area contributed by atoms with E-state index in [4.69, 9.17) is 4.43 Å². The fourth-order valence-corrected chi connectivity index (χ4v) is 2.16. The van der Waals surface area contributed by atoms with Gasteiger partial charge in [-0.1, -0.05) is 20.8 Å². The summed E-state index contributed by atoms with van der Waals surface area (Å²) < 4.78 is 21.3. The lowest BCUT2D eigenvalue weighted by Gasteiger charge is -2.35. The molecule has 0 saturated carbocycles. The van der Waals surface area contributed by atoms with Gasteiger partial charge in [0, 0.05) is 6.21 Å². The second-order valence-corrected chi connectivity index (χ2v) is 13.5. The van der Waals surface area contributed by atoms with Crippen molar-refractivity contribution in [3.05, 3.63) is 0 Å². The van der Waals surface area contributed by atoms with E-state index in [2.05, 4.69) is 38.3 Å². The van der Waals surface area contributed by atoms with Crippen LogP contribution >= 0.6 is 0 Å². The minimum Gasteiger partial charge on any atom is -0.412 e. The Morgan fingerprint density at radius 2 is 1.65 bits per heavy atom. The van der Waals surface area contributed by atoms with Gasteiger partial charge in [-0.3, -0.25) is 0 Å². The molecule has 0 saturated heterocycles. The minimum atomic E-state index is -1.71. The van der Waals surface area contributed by atoms with Crippen LogP contribution in [0.3, 0.4) is 0 Å². The molecule has 0 aliphatic carbocycles. The van der Waals surface area contributed by atoms with Crippen molar-refractivity contribution < 1.29 is 8.63 Å². The Labute approximate surface area is 110 Å². The summed E-state index contributed by atoms with van der Waals surface area (Å²) in [6.07, 6.45) is 1.64. The van der Waals surface area contributed by atoms with Gasteiger partial charge in [-0.05, 0) is 38.9 Å². The average Bonchev–Trinajstić information content (AvgIpc) is 2.08. The van der Waals surface area contributed by atoms with Crippen LogP contribution in [0.4, 0.5) is 0 Å². The predicted octanol–water partition coefficient (Wildman–Crippen LogP) is 3.54. The third-order valence-electron chi connectivity index (χ3n) is 3.02. The van der Waals surface area contributed by atoms with Crippen LogP contribution in [0, 0.1) is 0 Å². The topological polar surface area (TPSA) is 38.7 Å². The van der Waals surface area contributed by atoms with Crippen LogP contribution in [0.25, 0.3) is 0 Å². The maximum atomic E-state index is 11.7. The molecule has 0 aliphatic heterocycles. The standard InChI is InChI=1S/C12H27NO2SSi/c1-11(2,3)16(14)13-9-10-15-17(7,8)12(4,5)6/h9H,10H2,1-8H3/b13-9-/t16-/m0/s1. The van der Waals surface area contributed by atoms with Gasteiger partial charge in [-0.25, -0.2) is 4.21 Å². The summed E-state index contributed by atoms with van der Waals surface area (Å²) in [6.45, 7) is 17.2. The van der Waals surface area contributed by atoms with Crippen LogP contribution in [-0.4, -0.2) is 30.1 Å². The second kappa shape index (κ2) is 5.76. The van der Waals surface area contributed by atoms with E-state index in [-0.39, 0.29) is 9.79 Å². The van der Waals surface area contributed by atoms with Crippen molar-refractivity contribution in [2.75, 3.05) is 6.61 Å². The molecule has 5 heteroatoms. The van der Waals surface area contributed by atoms with E-state index in [0.717, 1.165) is 0 Å². The molecule has 17 heavy (non-hydrogen) atoms. The molecule has 0 spiro atoms. The van der Waals surface area contributed by atoms with E-state index in [1.807, 2.05) is 20.8 Å². The predicted molar refractivity (Wildman–Crippen MR) is 79.5 cm³/mol. The Kier molecular flexibility index (Phi) is 5.76. The zero-order chi connectivity index (χ0) is 13.9. The lowest BCUT2D eigenvalue weighted by molar-refractivity contribution is 0.343. The lowest BCUT2D eigenvalue weighted by atomic mass is 10.2. The van der Waals surface area contributed by atoms with E-state index in [9.17, 15) is 4.21 Å². The van der Waals surface area contributed by atoms with Crippen molar-refractivity contribution in [2.45, 2.75) is 64.4 Å². The third kappa shape index (κ3) is 5.93. The number of hydrogen-bond donors (Lipinski definition) is 0. The maximum absolute atomic E-state index is 11.7. The molecule has 0 bridgehead atoms. The summed E-state index contributed by atoms with van der Waals surface area (Å²) in [7, 11) is -2.89. The van der Waals surface area contributed by atoms with Gasteiger partial charge < -0.3 is 4.43 Å². The summed E-state index contributed by atoms with van der Waals surface area (Å²) in [4.78, 5) is 0. The monoisotopic (exact) mass is 277 g/mol. The first kappa shape index (κ1) is 17.0. The molecule has 102 valence electrons. The van der Waals surface area contributed by atoms with E-state index in [0.29, 0.717) is 6.61 Å². The molecule has 0 N–H and O–H groups in total. The lowest BCUT2D eigenvalue weighted by Crippen LogP contribution is -2.41. The molecule has 0 amide bonds. The van der Waals surface area contributed by atoms with Crippen LogP contribution in [0.2, 0.25) is 18.1 Å². The highest BCUT2D eigenvalue weighted by Crippen LogP contribution is 2.36. The zero-order valence-corrected chi connectivity index (χ0v) is 14.3. The van der Waals surface area contributed by atoms with Crippen LogP contribution in [0.15, 0.2) is 4.40 Å². The van der Waals surface area contributed by atoms with Gasteiger partial charge in [0.2, 0.25) is 0 Å². The largest absolute Gasteiger partial charge is 0.412 e. The van der Waals surface area contributed by atoms with Crippen LogP contribution in [0.5, 0.6) is 0 Å². The molecular weight excluding hydrogens is 250 g/mol. The molecule has 0 fully saturated rings. The summed E-state index contributed by atoms with van der Waals surface area (Å²) in [6, 6.07) is 0. The van der Waals surface area contributed by atoms with Gasteiger partial charge in [0.05, 0.1) is 11.4 Å². The van der Waals surface area contributed by atoms with Gasteiger partial charge >= 0.3 is 0 Å². The molecule has 0 radical (unpaired) electrons. The molecule has 0 unspecified atom stereocenters. The Hall–Kier alpha value is -0.00312. The van der Waals surface area contributed by atoms with Gasteiger partial charge in [-0.2, -0.15) is 4.40 Å². The fourth-order valence-electron chi connectivity index (χ4n) is 0.718. The summed E-state index contributed by atoms with van der Waals surface area (Å²) in [5.41, 5.74) is 0. The zero-order valence-electron chi connectivity index (χ0n) is 12.5. The molecule has 3 nitrogen and oxygen atoms in total. The van der Waals surface area contributed by atoms with E-state index < -0.39 is 19.3 Å². The average molecular weight is 278 g/mol. The second-order valence-electron chi connectivity index (χ2n) is 6.72. The van der Waals surface area contributed by atoms with E-state index >= 15 is 0 Å². The van der Waals surface area contributed by atoms with Crippen molar-refractivity contribution in [1.82, 2.24) is 0 Å². The Balaban J connectivity index is 4.27. The Morgan fingerprint density at radius 3 is 2.00 bits per heavy atom. The number of nitrogens with zero attached hydrogens (tertiary/aromatic N) is 1. The number of hydrogen-bond acceptors (Lipinski definition) is 2. The molecular formula is C12H27NO2SSi. The van der Waals surface area contributed by atoms with Crippen LogP contribution < -0.4 is 0 Å². The molecule has 0 heterocycles. The molecule has 0 aromatic carbocycles. The Morgan fingerprint density at radius 1 is 1.18 bits per heavy atom. The van der Waals surface area contributed by atoms with Crippen LogP contribution in [0.1, 0.15) is 41.5 Å². The van der Waals surface area contributed by atoms with E-state index in [1.165, 1.54) is 0 Å². The van der Waals surface area contributed by atoms with Gasteiger partial charge in [0.25, 0.3) is 0 Å². The van der Waals surface area contributed by atoms with Crippen molar-refractivity contribution in [3.8, 4) is 0 Å². The summed E-state index contributed by atoms with van der Waals surface area (Å²) in [5, 5.41) is 0.198. The fraction of sp³-hybridized carbons (Fsp3) is 0.917. The highest BCUT2D eigenvalue weighted by Gasteiger charge is 2.36. The van der Waals surface area contributed by atoms with Crippen LogP contribution in [-0.2, 0) is 15.4 Å². The molecule has 1 atom stereocenters. The minimum absolute atomic E-state index is 0.198.